The maximum Gasteiger partial charge on any atom is 0.317 e. The van der Waals surface area contributed by atoms with Crippen molar-refractivity contribution >= 4 is 6.03 Å². The van der Waals surface area contributed by atoms with Gasteiger partial charge in [-0.15, -0.1) is 0 Å². The van der Waals surface area contributed by atoms with Gasteiger partial charge in [-0.25, -0.2) is 4.79 Å². The molecule has 16 heavy (non-hydrogen) atoms. The number of hydrogen-bond donors (Lipinski definition) is 1. The molecule has 0 fully saturated rings. The minimum absolute atomic E-state index is 0.0475. The van der Waals surface area contributed by atoms with Crippen LogP contribution in [-0.4, -0.2) is 28.1 Å². The SMILES string of the molecule is CN(Cc1cccn1C)C(=O)NC(C)(C)C. The quantitative estimate of drug-likeness (QED) is 0.817. The number of aryl methyl sites for hydroxylation is 1. The van der Waals surface area contributed by atoms with E-state index in [1.54, 1.807) is 11.9 Å². The third kappa shape index (κ3) is 3.61. The second-order valence-electron chi connectivity index (χ2n) is 5.15. The summed E-state index contributed by atoms with van der Waals surface area (Å²) in [5.41, 5.74) is 0.922. The number of rotatable bonds is 2. The van der Waals surface area contributed by atoms with Gasteiger partial charge in [0.25, 0.3) is 0 Å². The molecule has 4 heteroatoms. The van der Waals surface area contributed by atoms with Crippen LogP contribution in [0.1, 0.15) is 26.5 Å². The van der Waals surface area contributed by atoms with Gasteiger partial charge in [-0.3, -0.25) is 0 Å². The third-order valence-electron chi connectivity index (χ3n) is 2.28. The number of carbonyl (C=O) groups is 1. The standard InChI is InChI=1S/C12H21N3O/c1-12(2,3)13-11(16)15(5)9-10-7-6-8-14(10)4/h6-8H,9H2,1-5H3,(H,13,16). The Kier molecular flexibility index (Phi) is 3.62. The Morgan fingerprint density at radius 2 is 2.12 bits per heavy atom. The van der Waals surface area contributed by atoms with Gasteiger partial charge in [-0.1, -0.05) is 0 Å². The van der Waals surface area contributed by atoms with Crippen LogP contribution in [0.2, 0.25) is 0 Å². The number of nitrogens with zero attached hydrogens (tertiary/aromatic N) is 2. The largest absolute Gasteiger partial charge is 0.353 e. The summed E-state index contributed by atoms with van der Waals surface area (Å²) in [6, 6.07) is 3.94. The van der Waals surface area contributed by atoms with Crippen molar-refractivity contribution in [3.8, 4) is 0 Å². The highest BCUT2D eigenvalue weighted by atomic mass is 16.2. The molecule has 0 bridgehead atoms. The van der Waals surface area contributed by atoms with Crippen molar-refractivity contribution in [1.82, 2.24) is 14.8 Å². The summed E-state index contributed by atoms with van der Waals surface area (Å²) in [6.45, 7) is 6.54. The number of nitrogens with one attached hydrogen (secondary N) is 1. The molecule has 0 unspecified atom stereocenters. The van der Waals surface area contributed by atoms with Crippen LogP contribution < -0.4 is 5.32 Å². The summed E-state index contributed by atoms with van der Waals surface area (Å²) < 4.78 is 2.01. The van der Waals surface area contributed by atoms with Gasteiger partial charge in [0.1, 0.15) is 0 Å². The van der Waals surface area contributed by atoms with Crippen LogP contribution in [0, 0.1) is 0 Å². The molecule has 0 saturated heterocycles. The molecule has 4 nitrogen and oxygen atoms in total. The number of hydrogen-bond acceptors (Lipinski definition) is 1. The molecule has 0 atom stereocenters. The minimum Gasteiger partial charge on any atom is -0.353 e. The Labute approximate surface area is 97.2 Å². The highest BCUT2D eigenvalue weighted by molar-refractivity contribution is 5.74. The molecular weight excluding hydrogens is 202 g/mol. The van der Waals surface area contributed by atoms with E-state index >= 15 is 0 Å². The van der Waals surface area contributed by atoms with Gasteiger partial charge in [0.2, 0.25) is 0 Å². The summed E-state index contributed by atoms with van der Waals surface area (Å²) in [4.78, 5) is 13.5. The van der Waals surface area contributed by atoms with E-state index in [9.17, 15) is 4.79 Å². The van der Waals surface area contributed by atoms with Crippen molar-refractivity contribution in [1.29, 1.82) is 0 Å². The number of carbonyl (C=O) groups excluding carboxylic acids is 1. The van der Waals surface area contributed by atoms with Crippen LogP contribution in [0.25, 0.3) is 0 Å². The first-order chi connectivity index (χ1) is 7.29. The van der Waals surface area contributed by atoms with Gasteiger partial charge in [0, 0.05) is 31.5 Å². The summed E-state index contributed by atoms with van der Waals surface area (Å²) >= 11 is 0. The second-order valence-corrected chi connectivity index (χ2v) is 5.15. The zero-order chi connectivity index (χ0) is 12.3. The van der Waals surface area contributed by atoms with Gasteiger partial charge >= 0.3 is 6.03 Å². The molecule has 0 radical (unpaired) electrons. The van der Waals surface area contributed by atoms with Crippen molar-refractivity contribution in [2.45, 2.75) is 32.9 Å². The van der Waals surface area contributed by atoms with E-state index in [-0.39, 0.29) is 11.6 Å². The molecule has 1 N–H and O–H groups in total. The summed E-state index contributed by atoms with van der Waals surface area (Å²) in [6.07, 6.45) is 1.98. The van der Waals surface area contributed by atoms with E-state index < -0.39 is 0 Å². The van der Waals surface area contributed by atoms with E-state index in [2.05, 4.69) is 5.32 Å². The average molecular weight is 223 g/mol. The third-order valence-corrected chi connectivity index (χ3v) is 2.28. The van der Waals surface area contributed by atoms with Crippen LogP contribution in [-0.2, 0) is 13.6 Å². The van der Waals surface area contributed by atoms with E-state index in [4.69, 9.17) is 0 Å². The molecule has 0 aromatic carbocycles. The van der Waals surface area contributed by atoms with E-state index in [0.717, 1.165) is 5.69 Å². The summed E-state index contributed by atoms with van der Waals surface area (Å²) in [5.74, 6) is 0. The van der Waals surface area contributed by atoms with Crippen molar-refractivity contribution in [3.05, 3.63) is 24.0 Å². The Morgan fingerprint density at radius 1 is 1.50 bits per heavy atom. The van der Waals surface area contributed by atoms with Gasteiger partial charge in [0.15, 0.2) is 0 Å². The molecule has 1 heterocycles. The summed E-state index contributed by atoms with van der Waals surface area (Å²) in [5, 5.41) is 2.93. The molecule has 0 aliphatic rings. The van der Waals surface area contributed by atoms with Crippen LogP contribution >= 0.6 is 0 Å². The number of urea groups is 1. The lowest BCUT2D eigenvalue weighted by molar-refractivity contribution is 0.196. The number of amides is 2. The van der Waals surface area contributed by atoms with E-state index in [1.165, 1.54) is 0 Å². The lowest BCUT2D eigenvalue weighted by atomic mass is 10.1. The maximum atomic E-state index is 11.8. The first-order valence-electron chi connectivity index (χ1n) is 5.43. The molecule has 0 spiro atoms. The minimum atomic E-state index is -0.195. The first-order valence-corrected chi connectivity index (χ1v) is 5.43. The van der Waals surface area contributed by atoms with Crippen LogP contribution in [0.3, 0.4) is 0 Å². The topological polar surface area (TPSA) is 37.3 Å². The van der Waals surface area contributed by atoms with Gasteiger partial charge in [-0.2, -0.15) is 0 Å². The van der Waals surface area contributed by atoms with Gasteiger partial charge in [-0.05, 0) is 32.9 Å². The Balaban J connectivity index is 2.56. The summed E-state index contributed by atoms with van der Waals surface area (Å²) in [7, 11) is 3.78. The number of aromatic nitrogens is 1. The lowest BCUT2D eigenvalue weighted by Crippen LogP contribution is -2.46. The fourth-order valence-electron chi connectivity index (χ4n) is 1.39. The molecule has 1 rings (SSSR count). The van der Waals surface area contributed by atoms with Gasteiger partial charge in [0.05, 0.1) is 6.54 Å². The molecule has 1 aromatic heterocycles. The fraction of sp³-hybridized carbons (Fsp3) is 0.583. The van der Waals surface area contributed by atoms with Crippen molar-refractivity contribution in [2.24, 2.45) is 7.05 Å². The van der Waals surface area contributed by atoms with Crippen molar-refractivity contribution in [3.63, 3.8) is 0 Å². The molecule has 2 amide bonds. The Hall–Kier alpha value is -1.45. The zero-order valence-corrected chi connectivity index (χ0v) is 10.7. The fourth-order valence-corrected chi connectivity index (χ4v) is 1.39. The molecule has 0 saturated carbocycles. The van der Waals surface area contributed by atoms with Crippen LogP contribution in [0.15, 0.2) is 18.3 Å². The zero-order valence-electron chi connectivity index (χ0n) is 10.7. The second kappa shape index (κ2) is 4.60. The van der Waals surface area contributed by atoms with E-state index in [1.807, 2.05) is 50.7 Å². The molecule has 0 aliphatic carbocycles. The van der Waals surface area contributed by atoms with Crippen molar-refractivity contribution in [2.75, 3.05) is 7.05 Å². The predicted molar refractivity (Wildman–Crippen MR) is 65.2 cm³/mol. The maximum absolute atomic E-state index is 11.8. The van der Waals surface area contributed by atoms with Crippen molar-refractivity contribution < 1.29 is 4.79 Å². The highest BCUT2D eigenvalue weighted by Gasteiger charge is 2.17. The normalized spacial score (nSPS) is 11.3. The van der Waals surface area contributed by atoms with Crippen LogP contribution in [0.4, 0.5) is 4.79 Å². The first kappa shape index (κ1) is 12.6. The molecule has 90 valence electrons. The van der Waals surface area contributed by atoms with Gasteiger partial charge < -0.3 is 14.8 Å². The highest BCUT2D eigenvalue weighted by Crippen LogP contribution is 2.05. The average Bonchev–Trinajstić information content (AvgIpc) is 2.49. The van der Waals surface area contributed by atoms with E-state index in [0.29, 0.717) is 6.54 Å². The molecular formula is C12H21N3O. The smallest absolute Gasteiger partial charge is 0.317 e. The lowest BCUT2D eigenvalue weighted by Gasteiger charge is -2.25. The molecule has 1 aromatic rings. The molecule has 0 aliphatic heterocycles. The Bertz CT molecular complexity index is 363. The Morgan fingerprint density at radius 3 is 2.56 bits per heavy atom. The predicted octanol–water partition coefficient (Wildman–Crippen LogP) is 1.97. The van der Waals surface area contributed by atoms with Crippen LogP contribution in [0.5, 0.6) is 0 Å². The monoisotopic (exact) mass is 223 g/mol.